The second kappa shape index (κ2) is 8.15. The van der Waals surface area contributed by atoms with Gasteiger partial charge in [0.15, 0.2) is 0 Å². The summed E-state index contributed by atoms with van der Waals surface area (Å²) in [5.41, 5.74) is 0.874. The van der Waals surface area contributed by atoms with Crippen LogP contribution in [-0.2, 0) is 4.74 Å². The van der Waals surface area contributed by atoms with Crippen molar-refractivity contribution in [1.82, 2.24) is 0 Å². The largest absolute Gasteiger partial charge is 0.491 e. The van der Waals surface area contributed by atoms with Crippen molar-refractivity contribution in [2.75, 3.05) is 13.2 Å². The molecule has 2 atom stereocenters. The van der Waals surface area contributed by atoms with Gasteiger partial charge in [-0.25, -0.2) is 0 Å². The Balaban J connectivity index is 2.37. The third kappa shape index (κ3) is 6.05. The fourth-order valence-corrected chi connectivity index (χ4v) is 1.57. The van der Waals surface area contributed by atoms with Crippen molar-refractivity contribution in [3.05, 3.63) is 29.8 Å². The first kappa shape index (κ1) is 16.0. The summed E-state index contributed by atoms with van der Waals surface area (Å²) < 4.78 is 10.8. The molecule has 1 aromatic rings. The SMILES string of the molecule is CCC(O)c1ccc(OCC(O)COC(C)C)cc1. The molecule has 2 unspecified atom stereocenters. The molecule has 19 heavy (non-hydrogen) atoms. The summed E-state index contributed by atoms with van der Waals surface area (Å²) in [7, 11) is 0. The normalized spacial score (nSPS) is 14.4. The molecule has 0 bridgehead atoms. The summed E-state index contributed by atoms with van der Waals surface area (Å²) in [4.78, 5) is 0. The van der Waals surface area contributed by atoms with Crippen molar-refractivity contribution in [2.45, 2.75) is 45.5 Å². The van der Waals surface area contributed by atoms with Gasteiger partial charge in [-0.15, -0.1) is 0 Å². The van der Waals surface area contributed by atoms with Crippen LogP contribution in [-0.4, -0.2) is 35.6 Å². The van der Waals surface area contributed by atoms with Crippen LogP contribution in [0.5, 0.6) is 5.75 Å². The van der Waals surface area contributed by atoms with E-state index < -0.39 is 12.2 Å². The van der Waals surface area contributed by atoms with Gasteiger partial charge in [0, 0.05) is 0 Å². The fraction of sp³-hybridized carbons (Fsp3) is 0.600. The van der Waals surface area contributed by atoms with Crippen molar-refractivity contribution in [3.63, 3.8) is 0 Å². The van der Waals surface area contributed by atoms with Gasteiger partial charge < -0.3 is 19.7 Å². The molecule has 0 saturated heterocycles. The van der Waals surface area contributed by atoms with Crippen molar-refractivity contribution in [2.24, 2.45) is 0 Å². The molecule has 4 heteroatoms. The lowest BCUT2D eigenvalue weighted by Gasteiger charge is -2.15. The lowest BCUT2D eigenvalue weighted by molar-refractivity contribution is -0.0122. The number of aliphatic hydroxyl groups excluding tert-OH is 2. The van der Waals surface area contributed by atoms with Crippen LogP contribution in [0.3, 0.4) is 0 Å². The van der Waals surface area contributed by atoms with E-state index in [1.807, 2.05) is 32.9 Å². The highest BCUT2D eigenvalue weighted by Crippen LogP contribution is 2.19. The Bertz CT molecular complexity index is 348. The molecule has 4 nitrogen and oxygen atoms in total. The summed E-state index contributed by atoms with van der Waals surface area (Å²) in [5.74, 6) is 0.677. The molecule has 0 radical (unpaired) electrons. The minimum Gasteiger partial charge on any atom is -0.491 e. The molecule has 0 saturated carbocycles. The van der Waals surface area contributed by atoms with Crippen molar-refractivity contribution < 1.29 is 19.7 Å². The number of rotatable bonds is 8. The van der Waals surface area contributed by atoms with Gasteiger partial charge in [0.2, 0.25) is 0 Å². The minimum atomic E-state index is -0.636. The van der Waals surface area contributed by atoms with E-state index in [-0.39, 0.29) is 19.3 Å². The minimum absolute atomic E-state index is 0.101. The maximum Gasteiger partial charge on any atom is 0.119 e. The summed E-state index contributed by atoms with van der Waals surface area (Å²) in [6.45, 7) is 6.24. The average molecular weight is 268 g/mol. The molecule has 0 aliphatic rings. The summed E-state index contributed by atoms with van der Waals surface area (Å²) >= 11 is 0. The molecule has 1 rings (SSSR count). The lowest BCUT2D eigenvalue weighted by atomic mass is 10.1. The number of benzene rings is 1. The highest BCUT2D eigenvalue weighted by atomic mass is 16.5. The molecule has 0 aromatic heterocycles. The van der Waals surface area contributed by atoms with E-state index in [9.17, 15) is 10.2 Å². The molecule has 1 aromatic carbocycles. The first-order valence-corrected chi connectivity index (χ1v) is 6.73. The third-order valence-electron chi connectivity index (χ3n) is 2.72. The van der Waals surface area contributed by atoms with E-state index in [0.717, 1.165) is 5.56 Å². The maximum absolute atomic E-state index is 9.66. The van der Waals surface area contributed by atoms with E-state index in [0.29, 0.717) is 12.2 Å². The first-order valence-electron chi connectivity index (χ1n) is 6.73. The zero-order chi connectivity index (χ0) is 14.3. The predicted octanol–water partition coefficient (Wildman–Crippen LogP) is 2.29. The molecule has 0 amide bonds. The second-order valence-electron chi connectivity index (χ2n) is 4.84. The van der Waals surface area contributed by atoms with Crippen LogP contribution in [0, 0.1) is 0 Å². The quantitative estimate of drug-likeness (QED) is 0.759. The van der Waals surface area contributed by atoms with Crippen LogP contribution in [0.25, 0.3) is 0 Å². The Kier molecular flexibility index (Phi) is 6.84. The highest BCUT2D eigenvalue weighted by molar-refractivity contribution is 5.28. The van der Waals surface area contributed by atoms with Crippen LogP contribution in [0.1, 0.15) is 38.9 Å². The van der Waals surface area contributed by atoms with Crippen LogP contribution in [0.4, 0.5) is 0 Å². The smallest absolute Gasteiger partial charge is 0.119 e. The lowest BCUT2D eigenvalue weighted by Crippen LogP contribution is -2.25. The summed E-state index contributed by atoms with van der Waals surface area (Å²) in [5, 5.41) is 19.3. The second-order valence-corrected chi connectivity index (χ2v) is 4.84. The standard InChI is InChI=1S/C15H24O4/c1-4-15(17)12-5-7-14(8-6-12)19-10-13(16)9-18-11(2)3/h5-8,11,13,15-17H,4,9-10H2,1-3H3. The first-order chi connectivity index (χ1) is 9.02. The molecule has 0 aliphatic carbocycles. The zero-order valence-electron chi connectivity index (χ0n) is 11.9. The van der Waals surface area contributed by atoms with E-state index in [4.69, 9.17) is 9.47 Å². The Morgan fingerprint density at radius 1 is 1.05 bits per heavy atom. The van der Waals surface area contributed by atoms with Crippen molar-refractivity contribution in [3.8, 4) is 5.75 Å². The maximum atomic E-state index is 9.66. The number of ether oxygens (including phenoxy) is 2. The molecule has 2 N–H and O–H groups in total. The van der Waals surface area contributed by atoms with Gasteiger partial charge in [0.05, 0.1) is 18.8 Å². The average Bonchev–Trinajstić information content (AvgIpc) is 2.42. The van der Waals surface area contributed by atoms with Crippen LogP contribution >= 0.6 is 0 Å². The number of aliphatic hydroxyl groups is 2. The van der Waals surface area contributed by atoms with E-state index in [1.165, 1.54) is 0 Å². The monoisotopic (exact) mass is 268 g/mol. The summed E-state index contributed by atoms with van der Waals surface area (Å²) in [6, 6.07) is 7.26. The Morgan fingerprint density at radius 3 is 2.21 bits per heavy atom. The predicted molar refractivity (Wildman–Crippen MR) is 74.3 cm³/mol. The van der Waals surface area contributed by atoms with Gasteiger partial charge in [0.1, 0.15) is 18.5 Å². The topological polar surface area (TPSA) is 58.9 Å². The number of hydrogen-bond donors (Lipinski definition) is 2. The van der Waals surface area contributed by atoms with Gasteiger partial charge >= 0.3 is 0 Å². The van der Waals surface area contributed by atoms with E-state index in [1.54, 1.807) is 12.1 Å². The van der Waals surface area contributed by atoms with E-state index >= 15 is 0 Å². The van der Waals surface area contributed by atoms with Crippen LogP contribution in [0.15, 0.2) is 24.3 Å². The summed E-state index contributed by atoms with van der Waals surface area (Å²) in [6.07, 6.45) is -0.280. The fourth-order valence-electron chi connectivity index (χ4n) is 1.57. The highest BCUT2D eigenvalue weighted by Gasteiger charge is 2.08. The Labute approximate surface area is 115 Å². The van der Waals surface area contributed by atoms with Crippen molar-refractivity contribution in [1.29, 1.82) is 0 Å². The van der Waals surface area contributed by atoms with Crippen molar-refractivity contribution >= 4 is 0 Å². The van der Waals surface area contributed by atoms with Gasteiger partial charge in [-0.3, -0.25) is 0 Å². The van der Waals surface area contributed by atoms with Gasteiger partial charge in [-0.2, -0.15) is 0 Å². The third-order valence-corrected chi connectivity index (χ3v) is 2.72. The molecule has 0 aliphatic heterocycles. The van der Waals surface area contributed by atoms with Gasteiger partial charge in [0.25, 0.3) is 0 Å². The van der Waals surface area contributed by atoms with E-state index in [2.05, 4.69) is 0 Å². The Hall–Kier alpha value is -1.10. The molecular formula is C15H24O4. The molecular weight excluding hydrogens is 244 g/mol. The number of hydrogen-bond acceptors (Lipinski definition) is 4. The van der Waals surface area contributed by atoms with Crippen LogP contribution < -0.4 is 4.74 Å². The molecule has 0 spiro atoms. The van der Waals surface area contributed by atoms with Gasteiger partial charge in [-0.05, 0) is 38.0 Å². The zero-order valence-corrected chi connectivity index (χ0v) is 11.9. The molecule has 0 heterocycles. The van der Waals surface area contributed by atoms with Crippen LogP contribution in [0.2, 0.25) is 0 Å². The Morgan fingerprint density at radius 2 is 1.68 bits per heavy atom. The van der Waals surface area contributed by atoms with Gasteiger partial charge in [-0.1, -0.05) is 19.1 Å². The molecule has 108 valence electrons. The molecule has 0 fully saturated rings.